The second kappa shape index (κ2) is 8.97. The molecule has 1 atom stereocenters. The van der Waals surface area contributed by atoms with E-state index in [1.54, 1.807) is 6.92 Å². The Hall–Kier alpha value is -0.610. The van der Waals surface area contributed by atoms with Crippen LogP contribution in [0.15, 0.2) is 0 Å². The molecule has 0 aromatic rings. The summed E-state index contributed by atoms with van der Waals surface area (Å²) in [6.07, 6.45) is 2.77. The lowest BCUT2D eigenvalue weighted by Crippen LogP contribution is -2.25. The van der Waals surface area contributed by atoms with Crippen LogP contribution in [-0.4, -0.2) is 37.3 Å². The van der Waals surface area contributed by atoms with Gasteiger partial charge in [-0.05, 0) is 39.8 Å². The Labute approximate surface area is 86.1 Å². The van der Waals surface area contributed by atoms with Gasteiger partial charge in [0.1, 0.15) is 0 Å². The number of carbonyl (C=O) groups is 1. The fraction of sp³-hybridized carbons (Fsp3) is 0.900. The van der Waals surface area contributed by atoms with E-state index in [0.717, 1.165) is 25.8 Å². The first-order chi connectivity index (χ1) is 6.66. The van der Waals surface area contributed by atoms with Crippen molar-refractivity contribution < 1.29 is 9.90 Å². The van der Waals surface area contributed by atoms with E-state index >= 15 is 0 Å². The molecule has 0 aliphatic heterocycles. The van der Waals surface area contributed by atoms with Crippen LogP contribution in [0, 0.1) is 0 Å². The van der Waals surface area contributed by atoms with Crippen molar-refractivity contribution in [3.8, 4) is 0 Å². The highest BCUT2D eigenvalue weighted by atomic mass is 16.3. The predicted molar refractivity (Wildman–Crippen MR) is 57.1 cm³/mol. The standard InChI is InChI=1S/C10H22N2O2/c1-9(13)5-3-8-12-10(14)6-4-7-11-2/h9,11,13H,3-8H2,1-2H3,(H,12,14). The Morgan fingerprint density at radius 1 is 1.36 bits per heavy atom. The first-order valence-corrected chi connectivity index (χ1v) is 5.26. The van der Waals surface area contributed by atoms with E-state index in [9.17, 15) is 4.79 Å². The minimum absolute atomic E-state index is 0.103. The van der Waals surface area contributed by atoms with Gasteiger partial charge in [-0.3, -0.25) is 4.79 Å². The SMILES string of the molecule is CNCCCC(=O)NCCCC(C)O. The van der Waals surface area contributed by atoms with Gasteiger partial charge >= 0.3 is 0 Å². The second-order valence-electron chi connectivity index (χ2n) is 3.55. The van der Waals surface area contributed by atoms with E-state index in [1.807, 2.05) is 7.05 Å². The quantitative estimate of drug-likeness (QED) is 0.495. The maximum atomic E-state index is 11.2. The molecular weight excluding hydrogens is 180 g/mol. The summed E-state index contributed by atoms with van der Waals surface area (Å²) in [5.41, 5.74) is 0. The lowest BCUT2D eigenvalue weighted by atomic mass is 10.2. The molecule has 84 valence electrons. The Morgan fingerprint density at radius 2 is 2.07 bits per heavy atom. The summed E-state index contributed by atoms with van der Waals surface area (Å²) >= 11 is 0. The lowest BCUT2D eigenvalue weighted by molar-refractivity contribution is -0.121. The highest BCUT2D eigenvalue weighted by Gasteiger charge is 2.00. The predicted octanol–water partition coefficient (Wildman–Crippen LogP) is 0.263. The first kappa shape index (κ1) is 13.4. The number of rotatable bonds is 8. The zero-order valence-electron chi connectivity index (χ0n) is 9.18. The zero-order chi connectivity index (χ0) is 10.8. The number of amides is 1. The molecule has 1 amide bonds. The van der Waals surface area contributed by atoms with Crippen LogP contribution in [0.3, 0.4) is 0 Å². The van der Waals surface area contributed by atoms with Gasteiger partial charge in [0, 0.05) is 13.0 Å². The van der Waals surface area contributed by atoms with Crippen LogP contribution in [-0.2, 0) is 4.79 Å². The Morgan fingerprint density at radius 3 is 2.64 bits per heavy atom. The summed E-state index contributed by atoms with van der Waals surface area (Å²) in [5.74, 6) is 0.103. The zero-order valence-corrected chi connectivity index (χ0v) is 9.18. The van der Waals surface area contributed by atoms with Crippen LogP contribution in [0.1, 0.15) is 32.6 Å². The number of aliphatic hydroxyl groups excluding tert-OH is 1. The smallest absolute Gasteiger partial charge is 0.220 e. The third-order valence-corrected chi connectivity index (χ3v) is 1.95. The third-order valence-electron chi connectivity index (χ3n) is 1.95. The maximum absolute atomic E-state index is 11.2. The average molecular weight is 202 g/mol. The number of hydrogen-bond acceptors (Lipinski definition) is 3. The molecule has 0 saturated carbocycles. The van der Waals surface area contributed by atoms with Gasteiger partial charge in [-0.2, -0.15) is 0 Å². The normalized spacial score (nSPS) is 12.5. The fourth-order valence-corrected chi connectivity index (χ4v) is 1.14. The molecule has 0 radical (unpaired) electrons. The van der Waals surface area contributed by atoms with E-state index in [4.69, 9.17) is 5.11 Å². The molecule has 0 bridgehead atoms. The highest BCUT2D eigenvalue weighted by Crippen LogP contribution is 1.94. The van der Waals surface area contributed by atoms with Crippen LogP contribution in [0.25, 0.3) is 0 Å². The monoisotopic (exact) mass is 202 g/mol. The molecule has 0 spiro atoms. The fourth-order valence-electron chi connectivity index (χ4n) is 1.14. The van der Waals surface area contributed by atoms with Gasteiger partial charge in [-0.25, -0.2) is 0 Å². The molecule has 0 fully saturated rings. The van der Waals surface area contributed by atoms with E-state index in [-0.39, 0.29) is 12.0 Å². The van der Waals surface area contributed by atoms with Gasteiger partial charge in [-0.1, -0.05) is 0 Å². The second-order valence-corrected chi connectivity index (χ2v) is 3.55. The van der Waals surface area contributed by atoms with Gasteiger partial charge in [-0.15, -0.1) is 0 Å². The molecule has 0 aliphatic carbocycles. The van der Waals surface area contributed by atoms with Crippen molar-refractivity contribution in [3.05, 3.63) is 0 Å². The van der Waals surface area contributed by atoms with E-state index in [0.29, 0.717) is 13.0 Å². The van der Waals surface area contributed by atoms with Crippen molar-refractivity contribution >= 4 is 5.91 Å². The molecular formula is C10H22N2O2. The Balaban J connectivity index is 3.18. The van der Waals surface area contributed by atoms with Crippen molar-refractivity contribution in [1.29, 1.82) is 0 Å². The van der Waals surface area contributed by atoms with Gasteiger partial charge in [0.25, 0.3) is 0 Å². The first-order valence-electron chi connectivity index (χ1n) is 5.26. The summed E-state index contributed by atoms with van der Waals surface area (Å²) in [7, 11) is 1.88. The van der Waals surface area contributed by atoms with Crippen LogP contribution in [0.5, 0.6) is 0 Å². The van der Waals surface area contributed by atoms with Gasteiger partial charge < -0.3 is 15.7 Å². The van der Waals surface area contributed by atoms with E-state index < -0.39 is 0 Å². The largest absolute Gasteiger partial charge is 0.393 e. The average Bonchev–Trinajstić information content (AvgIpc) is 2.13. The van der Waals surface area contributed by atoms with E-state index in [1.165, 1.54) is 0 Å². The molecule has 4 heteroatoms. The molecule has 0 saturated heterocycles. The lowest BCUT2D eigenvalue weighted by Gasteiger charge is -2.06. The van der Waals surface area contributed by atoms with Crippen LogP contribution in [0.4, 0.5) is 0 Å². The van der Waals surface area contributed by atoms with Crippen molar-refractivity contribution in [2.45, 2.75) is 38.7 Å². The van der Waals surface area contributed by atoms with Crippen LogP contribution in [0.2, 0.25) is 0 Å². The van der Waals surface area contributed by atoms with Crippen molar-refractivity contribution in [2.24, 2.45) is 0 Å². The third kappa shape index (κ3) is 9.48. The van der Waals surface area contributed by atoms with Crippen molar-refractivity contribution in [2.75, 3.05) is 20.1 Å². The minimum Gasteiger partial charge on any atom is -0.393 e. The minimum atomic E-state index is -0.267. The molecule has 0 aromatic heterocycles. The molecule has 3 N–H and O–H groups in total. The van der Waals surface area contributed by atoms with Crippen molar-refractivity contribution in [3.63, 3.8) is 0 Å². The molecule has 0 aliphatic rings. The van der Waals surface area contributed by atoms with Gasteiger partial charge in [0.05, 0.1) is 6.10 Å². The molecule has 1 unspecified atom stereocenters. The van der Waals surface area contributed by atoms with Gasteiger partial charge in [0.15, 0.2) is 0 Å². The number of aliphatic hydroxyl groups is 1. The molecule has 0 heterocycles. The molecule has 4 nitrogen and oxygen atoms in total. The van der Waals surface area contributed by atoms with Crippen LogP contribution >= 0.6 is 0 Å². The number of carbonyl (C=O) groups excluding carboxylic acids is 1. The summed E-state index contributed by atoms with van der Waals surface area (Å²) in [4.78, 5) is 11.2. The Bertz CT molecular complexity index is 149. The number of nitrogens with one attached hydrogen (secondary N) is 2. The number of hydrogen-bond donors (Lipinski definition) is 3. The highest BCUT2D eigenvalue weighted by molar-refractivity contribution is 5.75. The topological polar surface area (TPSA) is 61.4 Å². The molecule has 0 aromatic carbocycles. The maximum Gasteiger partial charge on any atom is 0.220 e. The summed E-state index contributed by atoms with van der Waals surface area (Å²) in [6.45, 7) is 3.30. The van der Waals surface area contributed by atoms with E-state index in [2.05, 4.69) is 10.6 Å². The van der Waals surface area contributed by atoms with Crippen molar-refractivity contribution in [1.82, 2.24) is 10.6 Å². The molecule has 14 heavy (non-hydrogen) atoms. The Kier molecular flexibility index (Phi) is 8.57. The summed E-state index contributed by atoms with van der Waals surface area (Å²) < 4.78 is 0. The molecule has 0 rings (SSSR count). The van der Waals surface area contributed by atoms with Crippen LogP contribution < -0.4 is 10.6 Å². The van der Waals surface area contributed by atoms with Gasteiger partial charge in [0.2, 0.25) is 5.91 Å². The summed E-state index contributed by atoms with van der Waals surface area (Å²) in [5, 5.41) is 14.8. The summed E-state index contributed by atoms with van der Waals surface area (Å²) in [6, 6.07) is 0.